The first-order chi connectivity index (χ1) is 8.85. The minimum atomic E-state index is -0.602. The summed E-state index contributed by atoms with van der Waals surface area (Å²) in [6, 6.07) is 7.46. The van der Waals surface area contributed by atoms with E-state index in [4.69, 9.17) is 4.74 Å². The van der Waals surface area contributed by atoms with Gasteiger partial charge in [0.2, 0.25) is 5.91 Å². The van der Waals surface area contributed by atoms with Gasteiger partial charge in [-0.3, -0.25) is 4.79 Å². The van der Waals surface area contributed by atoms with Gasteiger partial charge >= 0.3 is 0 Å². The molecule has 0 unspecified atom stereocenters. The van der Waals surface area contributed by atoms with Crippen molar-refractivity contribution >= 4 is 11.6 Å². The van der Waals surface area contributed by atoms with E-state index in [-0.39, 0.29) is 5.91 Å². The van der Waals surface area contributed by atoms with Gasteiger partial charge in [-0.1, -0.05) is 19.9 Å². The minimum Gasteiger partial charge on any atom is -0.493 e. The van der Waals surface area contributed by atoms with Crippen molar-refractivity contribution in [3.8, 4) is 5.75 Å². The number of amides is 1. The molecule has 1 rings (SSSR count). The number of carbonyl (C=O) groups excluding carboxylic acids is 1. The quantitative estimate of drug-likeness (QED) is 0.830. The number of carbonyl (C=O) groups is 1. The smallest absolute Gasteiger partial charge is 0.244 e. The molecular formula is C15H24N2O2. The topological polar surface area (TPSA) is 50.4 Å². The lowest BCUT2D eigenvalue weighted by Gasteiger charge is -2.22. The third-order valence-electron chi connectivity index (χ3n) is 2.87. The van der Waals surface area contributed by atoms with Crippen LogP contribution in [0.5, 0.6) is 5.75 Å². The van der Waals surface area contributed by atoms with E-state index in [1.165, 1.54) is 0 Å². The van der Waals surface area contributed by atoms with Crippen LogP contribution >= 0.6 is 0 Å². The average molecular weight is 264 g/mol. The van der Waals surface area contributed by atoms with Crippen molar-refractivity contribution in [2.24, 2.45) is 5.92 Å². The van der Waals surface area contributed by atoms with Crippen molar-refractivity contribution < 1.29 is 9.53 Å². The van der Waals surface area contributed by atoms with Crippen LogP contribution in [0.2, 0.25) is 0 Å². The fourth-order valence-corrected chi connectivity index (χ4v) is 1.33. The molecule has 0 bridgehead atoms. The molecule has 4 heteroatoms. The summed E-state index contributed by atoms with van der Waals surface area (Å²) in [5.74, 6) is 1.17. The lowest BCUT2D eigenvalue weighted by atomic mass is 10.1. The minimum absolute atomic E-state index is 0.0731. The van der Waals surface area contributed by atoms with E-state index >= 15 is 0 Å². The van der Waals surface area contributed by atoms with E-state index in [9.17, 15) is 4.79 Å². The summed E-state index contributed by atoms with van der Waals surface area (Å²) in [5, 5.41) is 5.85. The summed E-state index contributed by atoms with van der Waals surface area (Å²) in [7, 11) is 1.77. The van der Waals surface area contributed by atoms with Crippen LogP contribution in [0.4, 0.5) is 5.69 Å². The van der Waals surface area contributed by atoms with Crippen LogP contribution in [0.25, 0.3) is 0 Å². The van der Waals surface area contributed by atoms with Crippen molar-refractivity contribution in [1.29, 1.82) is 0 Å². The molecule has 2 N–H and O–H groups in total. The number of hydrogen-bond donors (Lipinski definition) is 2. The molecule has 0 saturated heterocycles. The van der Waals surface area contributed by atoms with Gasteiger partial charge in [0, 0.05) is 11.8 Å². The molecular weight excluding hydrogens is 240 g/mol. The molecule has 4 nitrogen and oxygen atoms in total. The Balaban J connectivity index is 2.69. The number of hydrogen-bond acceptors (Lipinski definition) is 3. The van der Waals surface area contributed by atoms with Gasteiger partial charge in [-0.25, -0.2) is 0 Å². The van der Waals surface area contributed by atoms with E-state index in [0.717, 1.165) is 11.4 Å². The zero-order valence-electron chi connectivity index (χ0n) is 12.4. The largest absolute Gasteiger partial charge is 0.493 e. The van der Waals surface area contributed by atoms with Crippen molar-refractivity contribution in [1.82, 2.24) is 5.32 Å². The molecule has 0 atom stereocenters. The monoisotopic (exact) mass is 264 g/mol. The summed E-state index contributed by atoms with van der Waals surface area (Å²) in [6.45, 7) is 8.53. The van der Waals surface area contributed by atoms with Crippen molar-refractivity contribution in [2.45, 2.75) is 33.2 Å². The van der Waals surface area contributed by atoms with Gasteiger partial charge in [-0.15, -0.1) is 0 Å². The van der Waals surface area contributed by atoms with Crippen LogP contribution in [-0.2, 0) is 4.79 Å². The normalized spacial score (nSPS) is 11.5. The van der Waals surface area contributed by atoms with Gasteiger partial charge in [-0.2, -0.15) is 0 Å². The highest BCUT2D eigenvalue weighted by molar-refractivity contribution is 5.97. The Morgan fingerprint density at radius 1 is 1.37 bits per heavy atom. The Hall–Kier alpha value is -1.55. The molecule has 0 aromatic heterocycles. The molecule has 0 fully saturated rings. The predicted molar refractivity (Wildman–Crippen MR) is 78.5 cm³/mol. The van der Waals surface area contributed by atoms with Gasteiger partial charge in [0.1, 0.15) is 5.75 Å². The van der Waals surface area contributed by atoms with E-state index in [0.29, 0.717) is 12.5 Å². The molecule has 0 radical (unpaired) electrons. The van der Waals surface area contributed by atoms with Crippen LogP contribution in [0.1, 0.15) is 27.7 Å². The third-order valence-corrected chi connectivity index (χ3v) is 2.87. The maximum atomic E-state index is 12.0. The highest BCUT2D eigenvalue weighted by Crippen LogP contribution is 2.19. The predicted octanol–water partition coefficient (Wildman–Crippen LogP) is 2.66. The summed E-state index contributed by atoms with van der Waals surface area (Å²) < 4.78 is 5.63. The zero-order valence-corrected chi connectivity index (χ0v) is 12.4. The Labute approximate surface area is 115 Å². The van der Waals surface area contributed by atoms with Gasteiger partial charge in [-0.05, 0) is 38.9 Å². The molecule has 19 heavy (non-hydrogen) atoms. The lowest BCUT2D eigenvalue weighted by Crippen LogP contribution is -2.47. The van der Waals surface area contributed by atoms with Crippen LogP contribution in [0, 0.1) is 5.92 Å². The highest BCUT2D eigenvalue weighted by atomic mass is 16.5. The van der Waals surface area contributed by atoms with Crippen molar-refractivity contribution in [3.05, 3.63) is 24.3 Å². The molecule has 1 aromatic rings. The van der Waals surface area contributed by atoms with E-state index in [1.807, 2.05) is 38.1 Å². The first-order valence-electron chi connectivity index (χ1n) is 6.58. The number of rotatable bonds is 6. The Morgan fingerprint density at radius 3 is 2.63 bits per heavy atom. The first kappa shape index (κ1) is 15.5. The molecule has 1 aromatic carbocycles. The second kappa shape index (κ2) is 6.57. The van der Waals surface area contributed by atoms with E-state index in [1.54, 1.807) is 7.05 Å². The maximum Gasteiger partial charge on any atom is 0.244 e. The van der Waals surface area contributed by atoms with Crippen molar-refractivity contribution in [2.75, 3.05) is 19.0 Å². The zero-order chi connectivity index (χ0) is 14.5. The second-order valence-electron chi connectivity index (χ2n) is 5.56. The Bertz CT molecular complexity index is 428. The Morgan fingerprint density at radius 2 is 2.05 bits per heavy atom. The number of benzene rings is 1. The number of nitrogens with one attached hydrogen (secondary N) is 2. The number of ether oxygens (including phenoxy) is 1. The van der Waals surface area contributed by atoms with Crippen LogP contribution < -0.4 is 15.4 Å². The molecule has 0 spiro atoms. The SMILES string of the molecule is CNC(C)(C)C(=O)Nc1cccc(OCC(C)C)c1. The fraction of sp³-hybridized carbons (Fsp3) is 0.533. The van der Waals surface area contributed by atoms with Gasteiger partial charge in [0.25, 0.3) is 0 Å². The number of likely N-dealkylation sites (N-methyl/N-ethyl adjacent to an activating group) is 1. The van der Waals surface area contributed by atoms with Crippen LogP contribution in [-0.4, -0.2) is 25.1 Å². The molecule has 106 valence electrons. The van der Waals surface area contributed by atoms with Gasteiger partial charge in [0.15, 0.2) is 0 Å². The summed E-state index contributed by atoms with van der Waals surface area (Å²) in [5.41, 5.74) is 0.143. The van der Waals surface area contributed by atoms with Gasteiger partial charge in [0.05, 0.1) is 12.1 Å². The van der Waals surface area contributed by atoms with E-state index in [2.05, 4.69) is 24.5 Å². The average Bonchev–Trinajstić information content (AvgIpc) is 2.36. The van der Waals surface area contributed by atoms with Crippen molar-refractivity contribution in [3.63, 3.8) is 0 Å². The van der Waals surface area contributed by atoms with Crippen LogP contribution in [0.15, 0.2) is 24.3 Å². The lowest BCUT2D eigenvalue weighted by molar-refractivity contribution is -0.121. The highest BCUT2D eigenvalue weighted by Gasteiger charge is 2.25. The third kappa shape index (κ3) is 4.91. The standard InChI is InChI=1S/C15H24N2O2/c1-11(2)10-19-13-8-6-7-12(9-13)17-14(18)15(3,4)16-5/h6-9,11,16H,10H2,1-5H3,(H,17,18). The summed E-state index contributed by atoms with van der Waals surface area (Å²) >= 11 is 0. The number of anilines is 1. The molecule has 0 heterocycles. The second-order valence-corrected chi connectivity index (χ2v) is 5.56. The molecule has 0 aliphatic rings. The maximum absolute atomic E-state index is 12.0. The molecule has 0 aliphatic heterocycles. The first-order valence-corrected chi connectivity index (χ1v) is 6.58. The summed E-state index contributed by atoms with van der Waals surface area (Å²) in [6.07, 6.45) is 0. The molecule has 1 amide bonds. The van der Waals surface area contributed by atoms with Crippen LogP contribution in [0.3, 0.4) is 0 Å². The summed E-state index contributed by atoms with van der Waals surface area (Å²) in [4.78, 5) is 12.0. The molecule has 0 saturated carbocycles. The van der Waals surface area contributed by atoms with E-state index < -0.39 is 5.54 Å². The van der Waals surface area contributed by atoms with Gasteiger partial charge < -0.3 is 15.4 Å². The fourth-order valence-electron chi connectivity index (χ4n) is 1.33. The Kier molecular flexibility index (Phi) is 5.36. The molecule has 0 aliphatic carbocycles.